The molecule has 0 bridgehead atoms. The Bertz CT molecular complexity index is 206. The van der Waals surface area contributed by atoms with Crippen molar-refractivity contribution in [2.75, 3.05) is 0 Å². The fraction of sp³-hybridized carbons (Fsp3) is 0.286. The van der Waals surface area contributed by atoms with E-state index in [0.717, 1.165) is 6.08 Å². The van der Waals surface area contributed by atoms with E-state index in [1.54, 1.807) is 0 Å². The minimum atomic E-state index is -0.440. The van der Waals surface area contributed by atoms with E-state index in [2.05, 4.69) is 0 Å². The molecule has 57 valence electrons. The number of hydrogen-bond donors (Lipinski definition) is 0. The van der Waals surface area contributed by atoms with Gasteiger partial charge in [0.2, 0.25) is 0 Å². The first-order valence-electron chi connectivity index (χ1n) is 2.69. The molecular formula is C7H7O3Y-. The maximum absolute atomic E-state index is 10.4. The van der Waals surface area contributed by atoms with Crippen LogP contribution in [0, 0.1) is 0 Å². The molecule has 0 spiro atoms. The number of carbonyl (C=O) groups is 2. The molecule has 0 aliphatic carbocycles. The first-order valence-corrected chi connectivity index (χ1v) is 2.69. The summed E-state index contributed by atoms with van der Waals surface area (Å²) < 4.78 is 0. The van der Waals surface area contributed by atoms with Crippen LogP contribution in [-0.2, 0) is 47.1 Å². The van der Waals surface area contributed by atoms with Crippen molar-refractivity contribution in [1.82, 2.24) is 0 Å². The van der Waals surface area contributed by atoms with Gasteiger partial charge >= 0.3 is 0 Å². The predicted molar refractivity (Wildman–Crippen MR) is 35.1 cm³/mol. The summed E-state index contributed by atoms with van der Waals surface area (Å²) in [4.78, 5) is 30.7. The van der Waals surface area contributed by atoms with E-state index in [1.165, 1.54) is 20.1 Å². The van der Waals surface area contributed by atoms with Gasteiger partial charge in [0.05, 0.1) is 12.1 Å². The zero-order valence-electron chi connectivity index (χ0n) is 6.38. The maximum Gasteiger partial charge on any atom is 0.0991 e. The summed E-state index contributed by atoms with van der Waals surface area (Å²) in [7, 11) is 0. The minimum Gasteiger partial charge on any atom is -0.376 e. The third-order valence-corrected chi connectivity index (χ3v) is 0.837. The van der Waals surface area contributed by atoms with E-state index >= 15 is 0 Å². The van der Waals surface area contributed by atoms with Crippen molar-refractivity contribution in [3.63, 3.8) is 0 Å². The Morgan fingerprint density at radius 3 is 1.82 bits per heavy atom. The van der Waals surface area contributed by atoms with E-state index in [4.69, 9.17) is 0 Å². The third kappa shape index (κ3) is 6.26. The second kappa shape index (κ2) is 6.56. The summed E-state index contributed by atoms with van der Waals surface area (Å²) in [6, 6.07) is 0. The number of allylic oxidation sites excluding steroid dienone is 2. The molecule has 0 aromatic rings. The largest absolute Gasteiger partial charge is 0.376 e. The third-order valence-electron chi connectivity index (χ3n) is 0.837. The molecule has 0 saturated heterocycles. The smallest absolute Gasteiger partial charge is 0.0991 e. The molecule has 0 unspecified atom stereocenters. The van der Waals surface area contributed by atoms with Gasteiger partial charge in [-0.05, 0) is 13.8 Å². The molecule has 0 N–H and O–H groups in total. The van der Waals surface area contributed by atoms with Crippen LogP contribution in [0.3, 0.4) is 0 Å². The van der Waals surface area contributed by atoms with Gasteiger partial charge in [-0.15, -0.1) is 11.6 Å². The van der Waals surface area contributed by atoms with Crippen LogP contribution >= 0.6 is 0 Å². The van der Waals surface area contributed by atoms with Crippen LogP contribution in [0.15, 0.2) is 11.6 Å². The monoisotopic (exact) mass is 228 g/mol. The van der Waals surface area contributed by atoms with Crippen molar-refractivity contribution in [2.24, 2.45) is 0 Å². The zero-order chi connectivity index (χ0) is 8.15. The van der Waals surface area contributed by atoms with Gasteiger partial charge in [0.25, 0.3) is 0 Å². The number of carbonyl (C=O) groups excluding carboxylic acids is 3. The Morgan fingerprint density at radius 1 is 1.27 bits per heavy atom. The van der Waals surface area contributed by atoms with Gasteiger partial charge in [-0.25, -0.2) is 0 Å². The minimum absolute atomic E-state index is 0. The molecule has 0 fully saturated rings. The molecule has 0 amide bonds. The SMILES string of the molecule is CC(=O)/C=C(\[C-]=O)C(C)=O.[Y]. The molecule has 0 heterocycles. The van der Waals surface area contributed by atoms with Crippen molar-refractivity contribution >= 4 is 17.9 Å². The molecule has 0 aromatic heterocycles. The van der Waals surface area contributed by atoms with Gasteiger partial charge in [-0.3, -0.25) is 0 Å². The van der Waals surface area contributed by atoms with E-state index in [-0.39, 0.29) is 44.1 Å². The first kappa shape index (κ1) is 13.4. The van der Waals surface area contributed by atoms with Crippen LogP contribution in [0.25, 0.3) is 0 Å². The second-order valence-electron chi connectivity index (χ2n) is 1.83. The molecule has 1 radical (unpaired) electrons. The van der Waals surface area contributed by atoms with Crippen molar-refractivity contribution in [2.45, 2.75) is 13.8 Å². The van der Waals surface area contributed by atoms with Crippen molar-refractivity contribution in [3.05, 3.63) is 11.6 Å². The number of rotatable bonds is 3. The van der Waals surface area contributed by atoms with Crippen LogP contribution in [-0.4, -0.2) is 17.9 Å². The van der Waals surface area contributed by atoms with Gasteiger partial charge in [0.15, 0.2) is 0 Å². The molecule has 0 aliphatic heterocycles. The fourth-order valence-corrected chi connectivity index (χ4v) is 0.406. The Balaban J connectivity index is 0. The number of Topliss-reactive ketones (excluding diaryl/α,β-unsaturated/α-hetero) is 1. The Morgan fingerprint density at radius 2 is 1.73 bits per heavy atom. The Labute approximate surface area is 90.1 Å². The van der Waals surface area contributed by atoms with Gasteiger partial charge in [0, 0.05) is 38.5 Å². The second-order valence-corrected chi connectivity index (χ2v) is 1.83. The van der Waals surface area contributed by atoms with E-state index in [0.29, 0.717) is 0 Å². The van der Waals surface area contributed by atoms with Crippen LogP contribution < -0.4 is 0 Å². The average molecular weight is 228 g/mol. The molecular weight excluding hydrogens is 221 g/mol. The molecule has 4 heteroatoms. The standard InChI is InChI=1S/C7H7O3.Y/c1-5(9)3-7(4-8)6(2)10;/h3H,1-2H3;/q-1;/b7-3+;. The molecule has 3 nitrogen and oxygen atoms in total. The zero-order valence-corrected chi connectivity index (χ0v) is 9.22. The summed E-state index contributed by atoms with van der Waals surface area (Å²) in [5.41, 5.74) is -0.201. The Kier molecular flexibility index (Phi) is 8.01. The van der Waals surface area contributed by atoms with Crippen LogP contribution in [0.4, 0.5) is 0 Å². The molecule has 0 rings (SSSR count). The molecule has 0 saturated carbocycles. The summed E-state index contributed by atoms with van der Waals surface area (Å²) >= 11 is 0. The van der Waals surface area contributed by atoms with Crippen LogP contribution in [0.5, 0.6) is 0 Å². The predicted octanol–water partition coefficient (Wildman–Crippen LogP) is 0.198. The summed E-state index contributed by atoms with van der Waals surface area (Å²) in [5.74, 6) is -0.765. The first-order chi connectivity index (χ1) is 4.57. The van der Waals surface area contributed by atoms with Gasteiger partial charge in [-0.2, -0.15) is 0 Å². The van der Waals surface area contributed by atoms with Crippen molar-refractivity contribution < 1.29 is 47.1 Å². The number of ketones is 2. The summed E-state index contributed by atoms with van der Waals surface area (Å²) in [6.07, 6.45) is 2.34. The fourth-order valence-electron chi connectivity index (χ4n) is 0.406. The van der Waals surface area contributed by atoms with Crippen LogP contribution in [0.2, 0.25) is 0 Å². The molecule has 0 aliphatic rings. The van der Waals surface area contributed by atoms with E-state index < -0.39 is 5.78 Å². The van der Waals surface area contributed by atoms with E-state index in [9.17, 15) is 14.4 Å². The number of hydrogen-bond acceptors (Lipinski definition) is 3. The molecule has 0 aromatic carbocycles. The van der Waals surface area contributed by atoms with Gasteiger partial charge in [-0.1, -0.05) is 0 Å². The summed E-state index contributed by atoms with van der Waals surface area (Å²) in [6.45, 7) is 2.47. The summed E-state index contributed by atoms with van der Waals surface area (Å²) in [5, 5.41) is 0. The van der Waals surface area contributed by atoms with E-state index in [1.807, 2.05) is 0 Å². The normalized spacial score (nSPS) is 9.82. The topological polar surface area (TPSA) is 51.2 Å². The Hall–Kier alpha value is -0.146. The van der Waals surface area contributed by atoms with Crippen molar-refractivity contribution in [1.29, 1.82) is 0 Å². The quantitative estimate of drug-likeness (QED) is 0.300. The van der Waals surface area contributed by atoms with Crippen molar-refractivity contribution in [3.8, 4) is 0 Å². The van der Waals surface area contributed by atoms with Gasteiger partial charge in [0.1, 0.15) is 0 Å². The molecule has 0 atom stereocenters. The average Bonchev–Trinajstić information content (AvgIpc) is 1.81. The maximum atomic E-state index is 10.4. The van der Waals surface area contributed by atoms with Crippen LogP contribution in [0.1, 0.15) is 13.8 Å². The molecule has 11 heavy (non-hydrogen) atoms. The van der Waals surface area contributed by atoms with Gasteiger partial charge < -0.3 is 14.4 Å².